The summed E-state index contributed by atoms with van der Waals surface area (Å²) in [5, 5.41) is 0.713. The summed E-state index contributed by atoms with van der Waals surface area (Å²) in [5.74, 6) is 0.890. The molecule has 0 aromatic carbocycles. The highest BCUT2D eigenvalue weighted by molar-refractivity contribution is 6.33. The van der Waals surface area contributed by atoms with Gasteiger partial charge in [-0.15, -0.1) is 0 Å². The summed E-state index contributed by atoms with van der Waals surface area (Å²) < 4.78 is 0. The molecule has 4 heteroatoms. The number of pyridine rings is 1. The Morgan fingerprint density at radius 3 is 2.56 bits per heavy atom. The Kier molecular flexibility index (Phi) is 4.84. The first-order valence-electron chi connectivity index (χ1n) is 6.79. The van der Waals surface area contributed by atoms with Gasteiger partial charge in [0.05, 0.1) is 5.02 Å². The maximum absolute atomic E-state index is 6.30. The molecule has 1 aromatic rings. The maximum Gasteiger partial charge on any atom is 0.147 e. The molecular formula is C14H22ClN3. The van der Waals surface area contributed by atoms with Crippen molar-refractivity contribution in [2.24, 2.45) is 5.73 Å². The van der Waals surface area contributed by atoms with Crippen LogP contribution in [0.4, 0.5) is 5.82 Å². The molecule has 2 N–H and O–H groups in total. The van der Waals surface area contributed by atoms with Crippen molar-refractivity contribution in [2.75, 3.05) is 11.9 Å². The van der Waals surface area contributed by atoms with Crippen LogP contribution in [0, 0.1) is 0 Å². The molecule has 100 valence electrons. The second-order valence-corrected chi connectivity index (χ2v) is 5.52. The molecule has 2 rings (SSSR count). The first kappa shape index (κ1) is 13.6. The maximum atomic E-state index is 6.30. The monoisotopic (exact) mass is 267 g/mol. The minimum Gasteiger partial charge on any atom is -0.355 e. The number of nitrogens with zero attached hydrogens (tertiary/aromatic N) is 2. The van der Waals surface area contributed by atoms with Gasteiger partial charge in [0, 0.05) is 25.8 Å². The van der Waals surface area contributed by atoms with Gasteiger partial charge in [-0.2, -0.15) is 0 Å². The second-order valence-electron chi connectivity index (χ2n) is 5.11. The fraction of sp³-hybridized carbons (Fsp3) is 0.643. The smallest absolute Gasteiger partial charge is 0.147 e. The highest BCUT2D eigenvalue weighted by Gasteiger charge is 2.19. The third kappa shape index (κ3) is 3.15. The van der Waals surface area contributed by atoms with E-state index in [1.165, 1.54) is 38.5 Å². The van der Waals surface area contributed by atoms with Gasteiger partial charge >= 0.3 is 0 Å². The normalized spacial score (nSPS) is 17.5. The molecule has 1 heterocycles. The van der Waals surface area contributed by atoms with Crippen LogP contribution in [-0.2, 0) is 6.54 Å². The topological polar surface area (TPSA) is 42.2 Å². The minimum atomic E-state index is 0.486. The van der Waals surface area contributed by atoms with Gasteiger partial charge in [0.1, 0.15) is 5.82 Å². The molecule has 0 radical (unpaired) electrons. The van der Waals surface area contributed by atoms with Crippen LogP contribution in [0.25, 0.3) is 0 Å². The van der Waals surface area contributed by atoms with Crippen molar-refractivity contribution in [3.05, 3.63) is 22.8 Å². The molecule has 1 saturated carbocycles. The van der Waals surface area contributed by atoms with E-state index in [1.807, 2.05) is 12.3 Å². The summed E-state index contributed by atoms with van der Waals surface area (Å²) in [7, 11) is 2.10. The van der Waals surface area contributed by atoms with E-state index in [2.05, 4.69) is 16.9 Å². The largest absolute Gasteiger partial charge is 0.355 e. The van der Waals surface area contributed by atoms with Crippen molar-refractivity contribution in [1.82, 2.24) is 4.98 Å². The van der Waals surface area contributed by atoms with Crippen molar-refractivity contribution in [3.8, 4) is 0 Å². The van der Waals surface area contributed by atoms with Gasteiger partial charge in [0.25, 0.3) is 0 Å². The van der Waals surface area contributed by atoms with Gasteiger partial charge in [-0.3, -0.25) is 0 Å². The summed E-state index contributed by atoms with van der Waals surface area (Å²) in [4.78, 5) is 6.71. The average molecular weight is 268 g/mol. The first-order chi connectivity index (χ1) is 8.72. The van der Waals surface area contributed by atoms with Crippen LogP contribution in [0.2, 0.25) is 5.02 Å². The number of hydrogen-bond donors (Lipinski definition) is 1. The Morgan fingerprint density at radius 2 is 2.00 bits per heavy atom. The lowest BCUT2D eigenvalue weighted by Gasteiger charge is -2.29. The van der Waals surface area contributed by atoms with Crippen LogP contribution in [0.5, 0.6) is 0 Å². The Labute approximate surface area is 114 Å². The first-order valence-corrected chi connectivity index (χ1v) is 7.17. The summed E-state index contributed by atoms with van der Waals surface area (Å²) in [5.41, 5.74) is 6.58. The summed E-state index contributed by atoms with van der Waals surface area (Å²) >= 11 is 6.30. The highest BCUT2D eigenvalue weighted by Crippen LogP contribution is 2.29. The Bertz CT molecular complexity index is 387. The van der Waals surface area contributed by atoms with Crippen LogP contribution in [0.15, 0.2) is 12.3 Å². The molecule has 1 fully saturated rings. The third-order valence-electron chi connectivity index (χ3n) is 3.82. The van der Waals surface area contributed by atoms with Crippen LogP contribution in [0.1, 0.15) is 44.1 Å². The van der Waals surface area contributed by atoms with E-state index in [4.69, 9.17) is 17.3 Å². The lowest BCUT2D eigenvalue weighted by molar-refractivity contribution is 0.549. The van der Waals surface area contributed by atoms with E-state index >= 15 is 0 Å². The molecule has 0 unspecified atom stereocenters. The van der Waals surface area contributed by atoms with E-state index in [-0.39, 0.29) is 0 Å². The second kappa shape index (κ2) is 6.39. The minimum absolute atomic E-state index is 0.486. The molecule has 0 spiro atoms. The van der Waals surface area contributed by atoms with Crippen LogP contribution < -0.4 is 10.6 Å². The van der Waals surface area contributed by atoms with Crippen molar-refractivity contribution in [2.45, 2.75) is 51.1 Å². The molecule has 18 heavy (non-hydrogen) atoms. The van der Waals surface area contributed by atoms with E-state index in [9.17, 15) is 0 Å². The molecule has 1 aliphatic carbocycles. The summed E-state index contributed by atoms with van der Waals surface area (Å²) in [6.45, 7) is 0.486. The molecule has 0 amide bonds. The molecule has 0 aliphatic heterocycles. The standard InChI is InChI=1S/C14H22ClN3/c1-18(12-6-4-2-3-5-7-12)14-13(15)8-11(9-16)10-17-14/h8,10,12H,2-7,9,16H2,1H3. The number of halogens is 1. The van der Waals surface area contributed by atoms with Crippen molar-refractivity contribution < 1.29 is 0 Å². The summed E-state index contributed by atoms with van der Waals surface area (Å²) in [6, 6.07) is 2.50. The molecule has 3 nitrogen and oxygen atoms in total. The third-order valence-corrected chi connectivity index (χ3v) is 4.10. The zero-order valence-corrected chi connectivity index (χ0v) is 11.8. The van der Waals surface area contributed by atoms with Crippen LogP contribution in [-0.4, -0.2) is 18.1 Å². The van der Waals surface area contributed by atoms with E-state index < -0.39 is 0 Å². The zero-order valence-electron chi connectivity index (χ0n) is 11.0. The van der Waals surface area contributed by atoms with Gasteiger partial charge in [-0.1, -0.05) is 37.3 Å². The SMILES string of the molecule is CN(c1ncc(CN)cc1Cl)C1CCCCCC1. The molecular weight excluding hydrogens is 246 g/mol. The molecule has 0 saturated heterocycles. The summed E-state index contributed by atoms with van der Waals surface area (Å²) in [6.07, 6.45) is 9.66. The molecule has 1 aromatic heterocycles. The van der Waals surface area contributed by atoms with Crippen molar-refractivity contribution in [3.63, 3.8) is 0 Å². The van der Waals surface area contributed by atoms with Gasteiger partial charge in [0.2, 0.25) is 0 Å². The van der Waals surface area contributed by atoms with Gasteiger partial charge in [-0.25, -0.2) is 4.98 Å². The van der Waals surface area contributed by atoms with Crippen molar-refractivity contribution >= 4 is 17.4 Å². The lowest BCUT2D eigenvalue weighted by Crippen LogP contribution is -2.32. The van der Waals surface area contributed by atoms with Gasteiger partial charge in [-0.05, 0) is 24.5 Å². The number of anilines is 1. The zero-order chi connectivity index (χ0) is 13.0. The average Bonchev–Trinajstić information content (AvgIpc) is 2.66. The number of hydrogen-bond acceptors (Lipinski definition) is 3. The Hall–Kier alpha value is -0.800. The lowest BCUT2D eigenvalue weighted by atomic mass is 10.1. The fourth-order valence-electron chi connectivity index (χ4n) is 2.66. The van der Waals surface area contributed by atoms with Gasteiger partial charge < -0.3 is 10.6 Å². The van der Waals surface area contributed by atoms with Crippen LogP contribution >= 0.6 is 11.6 Å². The van der Waals surface area contributed by atoms with E-state index in [1.54, 1.807) is 0 Å². The quantitative estimate of drug-likeness (QED) is 0.854. The fourth-order valence-corrected chi connectivity index (χ4v) is 2.98. The Morgan fingerprint density at radius 1 is 1.33 bits per heavy atom. The molecule has 1 aliphatic rings. The predicted molar refractivity (Wildman–Crippen MR) is 77.0 cm³/mol. The number of aromatic nitrogens is 1. The molecule has 0 atom stereocenters. The van der Waals surface area contributed by atoms with E-state index in [0.717, 1.165) is 11.4 Å². The Balaban J connectivity index is 2.14. The van der Waals surface area contributed by atoms with E-state index in [0.29, 0.717) is 17.6 Å². The number of nitrogens with two attached hydrogens (primary N) is 1. The predicted octanol–water partition coefficient (Wildman–Crippen LogP) is 3.35. The van der Waals surface area contributed by atoms with Crippen molar-refractivity contribution in [1.29, 1.82) is 0 Å². The number of rotatable bonds is 3. The highest BCUT2D eigenvalue weighted by atomic mass is 35.5. The van der Waals surface area contributed by atoms with Gasteiger partial charge in [0.15, 0.2) is 0 Å². The van der Waals surface area contributed by atoms with Crippen LogP contribution in [0.3, 0.4) is 0 Å². The molecule has 0 bridgehead atoms.